The van der Waals surface area contributed by atoms with Crippen molar-refractivity contribution in [1.82, 2.24) is 0 Å². The lowest BCUT2D eigenvalue weighted by Crippen LogP contribution is -2.19. The number of thiophene rings is 1. The summed E-state index contributed by atoms with van der Waals surface area (Å²) in [6.45, 7) is 0.275. The summed E-state index contributed by atoms with van der Waals surface area (Å²) in [5.41, 5.74) is 0. The Balaban J connectivity index is 1.81. The number of halogens is 2. The summed E-state index contributed by atoms with van der Waals surface area (Å²) in [7, 11) is 0. The molecule has 2 rings (SSSR count). The smallest absolute Gasteiger partial charge is 0.119 e. The summed E-state index contributed by atoms with van der Waals surface area (Å²) < 4.78 is 6.54. The molecule has 0 saturated carbocycles. The maximum absolute atomic E-state index is 9.87. The highest BCUT2D eigenvalue weighted by molar-refractivity contribution is 9.10. The summed E-state index contributed by atoms with van der Waals surface area (Å²) in [6.07, 6.45) is 0.0929. The predicted octanol–water partition coefficient (Wildman–Crippen LogP) is 4.15. The van der Waals surface area contributed by atoms with Crippen molar-refractivity contribution >= 4 is 38.9 Å². The fourth-order valence-electron chi connectivity index (χ4n) is 1.48. The monoisotopic (exact) mass is 346 g/mol. The van der Waals surface area contributed by atoms with E-state index in [9.17, 15) is 5.11 Å². The zero-order valence-corrected chi connectivity index (χ0v) is 12.6. The maximum atomic E-state index is 9.87. The van der Waals surface area contributed by atoms with Crippen LogP contribution in [0.2, 0.25) is 5.02 Å². The standard InChI is InChI=1S/C13H12BrClO2S/c14-9-5-13(18-8-9)6-11(16)7-17-12-3-1-10(15)2-4-12/h1-5,8,11,16H,6-7H2. The van der Waals surface area contributed by atoms with Crippen LogP contribution in [0.25, 0.3) is 0 Å². The average Bonchev–Trinajstić information content (AvgIpc) is 2.74. The van der Waals surface area contributed by atoms with Gasteiger partial charge in [-0.25, -0.2) is 0 Å². The van der Waals surface area contributed by atoms with Crippen LogP contribution in [0.5, 0.6) is 5.75 Å². The molecule has 0 amide bonds. The van der Waals surface area contributed by atoms with E-state index in [1.165, 1.54) is 0 Å². The molecule has 0 fully saturated rings. The minimum atomic E-state index is -0.508. The molecule has 18 heavy (non-hydrogen) atoms. The lowest BCUT2D eigenvalue weighted by atomic mass is 10.2. The van der Waals surface area contributed by atoms with Crippen LogP contribution in [-0.4, -0.2) is 17.8 Å². The molecule has 0 bridgehead atoms. The fraction of sp³-hybridized carbons (Fsp3) is 0.231. The van der Waals surface area contributed by atoms with Crippen LogP contribution in [0.1, 0.15) is 4.88 Å². The number of hydrogen-bond acceptors (Lipinski definition) is 3. The van der Waals surface area contributed by atoms with Crippen molar-refractivity contribution in [2.24, 2.45) is 0 Å². The van der Waals surface area contributed by atoms with Gasteiger partial charge in [0.15, 0.2) is 0 Å². The van der Waals surface area contributed by atoms with E-state index >= 15 is 0 Å². The topological polar surface area (TPSA) is 29.5 Å². The number of benzene rings is 1. The van der Waals surface area contributed by atoms with Crippen LogP contribution < -0.4 is 4.74 Å². The molecule has 0 spiro atoms. The molecule has 1 N–H and O–H groups in total. The lowest BCUT2D eigenvalue weighted by Gasteiger charge is -2.11. The number of ether oxygens (including phenoxy) is 1. The predicted molar refractivity (Wildman–Crippen MR) is 78.7 cm³/mol. The van der Waals surface area contributed by atoms with Gasteiger partial charge in [-0.15, -0.1) is 11.3 Å². The van der Waals surface area contributed by atoms with Gasteiger partial charge in [0, 0.05) is 26.2 Å². The van der Waals surface area contributed by atoms with Crippen molar-refractivity contribution < 1.29 is 9.84 Å². The van der Waals surface area contributed by atoms with Gasteiger partial charge in [0.2, 0.25) is 0 Å². The van der Waals surface area contributed by atoms with Gasteiger partial charge in [0.1, 0.15) is 12.4 Å². The molecule has 0 radical (unpaired) electrons. The van der Waals surface area contributed by atoms with Crippen LogP contribution in [0.15, 0.2) is 40.2 Å². The highest BCUT2D eigenvalue weighted by atomic mass is 79.9. The van der Waals surface area contributed by atoms with Crippen LogP contribution >= 0.6 is 38.9 Å². The third-order valence-corrected chi connectivity index (χ3v) is 4.29. The van der Waals surface area contributed by atoms with Gasteiger partial charge in [-0.3, -0.25) is 0 Å². The third-order valence-electron chi connectivity index (χ3n) is 2.31. The summed E-state index contributed by atoms with van der Waals surface area (Å²) in [5.74, 6) is 0.714. The van der Waals surface area contributed by atoms with Crippen molar-refractivity contribution in [3.05, 3.63) is 50.1 Å². The molecule has 0 saturated heterocycles. The van der Waals surface area contributed by atoms with Gasteiger partial charge in [0.05, 0.1) is 6.10 Å². The summed E-state index contributed by atoms with van der Waals surface area (Å²) in [5, 5.41) is 12.5. The Morgan fingerprint density at radius 3 is 2.67 bits per heavy atom. The summed E-state index contributed by atoms with van der Waals surface area (Å²) in [6, 6.07) is 9.11. The minimum Gasteiger partial charge on any atom is -0.491 e. The molecule has 2 nitrogen and oxygen atoms in total. The van der Waals surface area contributed by atoms with E-state index in [1.807, 2.05) is 11.4 Å². The Morgan fingerprint density at radius 2 is 2.06 bits per heavy atom. The van der Waals surface area contributed by atoms with E-state index in [0.717, 1.165) is 9.35 Å². The first-order valence-corrected chi connectivity index (χ1v) is 7.48. The second-order valence-corrected chi connectivity index (χ2v) is 6.20. The number of aliphatic hydroxyl groups is 1. The van der Waals surface area contributed by atoms with E-state index in [4.69, 9.17) is 16.3 Å². The van der Waals surface area contributed by atoms with E-state index in [1.54, 1.807) is 35.6 Å². The Labute approximate surface area is 123 Å². The maximum Gasteiger partial charge on any atom is 0.119 e. The van der Waals surface area contributed by atoms with Crippen molar-refractivity contribution in [3.8, 4) is 5.75 Å². The van der Waals surface area contributed by atoms with Gasteiger partial charge in [-0.1, -0.05) is 11.6 Å². The molecule has 1 heterocycles. The highest BCUT2D eigenvalue weighted by Gasteiger charge is 2.08. The lowest BCUT2D eigenvalue weighted by molar-refractivity contribution is 0.108. The molecule has 0 aliphatic heterocycles. The first-order valence-electron chi connectivity index (χ1n) is 5.43. The molecule has 5 heteroatoms. The van der Waals surface area contributed by atoms with E-state index < -0.39 is 6.10 Å². The van der Waals surface area contributed by atoms with Gasteiger partial charge < -0.3 is 9.84 Å². The molecular formula is C13H12BrClO2S. The minimum absolute atomic E-state index is 0.275. The Bertz CT molecular complexity index is 498. The number of hydrogen-bond donors (Lipinski definition) is 1. The molecule has 96 valence electrons. The summed E-state index contributed by atoms with van der Waals surface area (Å²) >= 11 is 10.8. The van der Waals surface area contributed by atoms with Crippen LogP contribution in [-0.2, 0) is 6.42 Å². The molecule has 1 aromatic carbocycles. The van der Waals surface area contributed by atoms with Crippen molar-refractivity contribution in [2.45, 2.75) is 12.5 Å². The first kappa shape index (κ1) is 13.9. The second kappa shape index (κ2) is 6.57. The second-order valence-electron chi connectivity index (χ2n) is 3.85. The highest BCUT2D eigenvalue weighted by Crippen LogP contribution is 2.21. The van der Waals surface area contributed by atoms with Gasteiger partial charge >= 0.3 is 0 Å². The molecule has 0 aliphatic rings. The van der Waals surface area contributed by atoms with Crippen LogP contribution in [0.4, 0.5) is 0 Å². The Kier molecular flexibility index (Phi) is 5.06. The largest absolute Gasteiger partial charge is 0.491 e. The fourth-order valence-corrected chi connectivity index (χ4v) is 3.13. The Hall–Kier alpha value is -0.550. The third kappa shape index (κ3) is 4.28. The average molecular weight is 348 g/mol. The SMILES string of the molecule is OC(COc1ccc(Cl)cc1)Cc1cc(Br)cs1. The molecule has 1 atom stereocenters. The van der Waals surface area contributed by atoms with Crippen molar-refractivity contribution in [2.75, 3.05) is 6.61 Å². The Morgan fingerprint density at radius 1 is 1.33 bits per heavy atom. The van der Waals surface area contributed by atoms with Crippen molar-refractivity contribution in [1.29, 1.82) is 0 Å². The molecule has 1 aromatic heterocycles. The zero-order chi connectivity index (χ0) is 13.0. The van der Waals surface area contributed by atoms with Gasteiger partial charge in [-0.05, 0) is 46.3 Å². The zero-order valence-electron chi connectivity index (χ0n) is 9.48. The van der Waals surface area contributed by atoms with E-state index in [-0.39, 0.29) is 6.61 Å². The van der Waals surface area contributed by atoms with Gasteiger partial charge in [0.25, 0.3) is 0 Å². The van der Waals surface area contributed by atoms with Crippen LogP contribution in [0, 0.1) is 0 Å². The first-order chi connectivity index (χ1) is 8.63. The van der Waals surface area contributed by atoms with Crippen molar-refractivity contribution in [3.63, 3.8) is 0 Å². The quantitative estimate of drug-likeness (QED) is 0.880. The van der Waals surface area contributed by atoms with E-state index in [2.05, 4.69) is 15.9 Å². The van der Waals surface area contributed by atoms with E-state index in [0.29, 0.717) is 17.2 Å². The number of aliphatic hydroxyl groups excluding tert-OH is 1. The number of rotatable bonds is 5. The molecule has 1 unspecified atom stereocenters. The molecular weight excluding hydrogens is 336 g/mol. The molecule has 0 aliphatic carbocycles. The summed E-state index contributed by atoms with van der Waals surface area (Å²) in [4.78, 5) is 1.13. The van der Waals surface area contributed by atoms with Gasteiger partial charge in [-0.2, -0.15) is 0 Å². The molecule has 2 aromatic rings. The normalized spacial score (nSPS) is 12.4. The van der Waals surface area contributed by atoms with Crippen LogP contribution in [0.3, 0.4) is 0 Å².